The highest BCUT2D eigenvalue weighted by Crippen LogP contribution is 2.35. The maximum Gasteiger partial charge on any atom is 0.336 e. The Labute approximate surface area is 95.7 Å². The van der Waals surface area contributed by atoms with Crippen LogP contribution in [0.3, 0.4) is 0 Å². The highest BCUT2D eigenvalue weighted by molar-refractivity contribution is 7.99. The molecule has 1 heterocycles. The lowest BCUT2D eigenvalue weighted by molar-refractivity contribution is 0.0695. The molecular weight excluding hydrogens is 231 g/mol. The van der Waals surface area contributed by atoms with Crippen LogP contribution < -0.4 is 0 Å². The second kappa shape index (κ2) is 3.90. The average molecular weight is 240 g/mol. The number of fused-ring (bicyclic) bond motifs is 1. The first-order valence-electron chi connectivity index (χ1n) is 4.74. The van der Waals surface area contributed by atoms with Crippen LogP contribution in [-0.4, -0.2) is 22.6 Å². The Kier molecular flexibility index (Phi) is 2.71. The van der Waals surface area contributed by atoms with Crippen molar-refractivity contribution in [2.75, 3.05) is 5.75 Å². The highest BCUT2D eigenvalue weighted by atomic mass is 32.2. The van der Waals surface area contributed by atoms with E-state index in [0.29, 0.717) is 22.6 Å². The van der Waals surface area contributed by atoms with E-state index in [-0.39, 0.29) is 16.9 Å². The number of thioether (sulfide) groups is 1. The van der Waals surface area contributed by atoms with E-state index < -0.39 is 11.8 Å². The summed E-state index contributed by atoms with van der Waals surface area (Å²) >= 11 is 1.26. The fraction of sp³-hybridized carbons (Fsp3) is 0.273. The molecule has 1 aromatic rings. The van der Waals surface area contributed by atoms with E-state index >= 15 is 0 Å². The number of Topliss-reactive ketones (excluding diaryl/α,β-unsaturated/α-hetero) is 1. The van der Waals surface area contributed by atoms with Gasteiger partial charge in [0.15, 0.2) is 5.78 Å². The molecule has 1 aliphatic heterocycles. The number of benzene rings is 1. The molecule has 1 N–H and O–H groups in total. The maximum absolute atomic E-state index is 13.6. The van der Waals surface area contributed by atoms with E-state index in [2.05, 4.69) is 0 Å². The van der Waals surface area contributed by atoms with E-state index in [1.54, 1.807) is 6.92 Å². The molecule has 0 saturated carbocycles. The lowest BCUT2D eigenvalue weighted by atomic mass is 9.97. The van der Waals surface area contributed by atoms with E-state index in [0.717, 1.165) is 6.07 Å². The van der Waals surface area contributed by atoms with Crippen LogP contribution >= 0.6 is 11.8 Å². The van der Waals surface area contributed by atoms with Crippen molar-refractivity contribution < 1.29 is 19.1 Å². The van der Waals surface area contributed by atoms with Gasteiger partial charge in [-0.05, 0) is 18.6 Å². The maximum atomic E-state index is 13.6. The Morgan fingerprint density at radius 2 is 2.25 bits per heavy atom. The van der Waals surface area contributed by atoms with Gasteiger partial charge < -0.3 is 5.11 Å². The van der Waals surface area contributed by atoms with E-state index in [1.807, 2.05) is 0 Å². The zero-order chi connectivity index (χ0) is 11.9. The van der Waals surface area contributed by atoms with Crippen LogP contribution in [0.5, 0.6) is 0 Å². The predicted octanol–water partition coefficient (Wildman–Crippen LogP) is 2.51. The third kappa shape index (κ3) is 1.61. The minimum Gasteiger partial charge on any atom is -0.478 e. The predicted molar refractivity (Wildman–Crippen MR) is 57.8 cm³/mol. The second-order valence-corrected chi connectivity index (χ2v) is 4.67. The van der Waals surface area contributed by atoms with Gasteiger partial charge in [-0.15, -0.1) is 11.8 Å². The number of halogens is 1. The number of carboxylic acids is 1. The summed E-state index contributed by atoms with van der Waals surface area (Å²) < 4.78 is 13.6. The number of ketones is 1. The number of rotatable bonds is 1. The Hall–Kier alpha value is -1.36. The molecule has 1 aromatic carbocycles. The lowest BCUT2D eigenvalue weighted by Crippen LogP contribution is -2.15. The summed E-state index contributed by atoms with van der Waals surface area (Å²) in [7, 11) is 0. The van der Waals surface area contributed by atoms with Crippen molar-refractivity contribution in [2.24, 2.45) is 0 Å². The Balaban J connectivity index is 2.74. The molecule has 0 radical (unpaired) electrons. The Morgan fingerprint density at radius 1 is 1.56 bits per heavy atom. The molecule has 0 fully saturated rings. The molecule has 0 atom stereocenters. The zero-order valence-electron chi connectivity index (χ0n) is 8.54. The van der Waals surface area contributed by atoms with Crippen LogP contribution in [0.25, 0.3) is 0 Å². The van der Waals surface area contributed by atoms with E-state index in [9.17, 15) is 14.0 Å². The second-order valence-electron chi connectivity index (χ2n) is 3.56. The number of carbonyl (C=O) groups excluding carboxylic acids is 1. The fourth-order valence-electron chi connectivity index (χ4n) is 1.79. The van der Waals surface area contributed by atoms with Crippen molar-refractivity contribution in [2.45, 2.75) is 18.2 Å². The first-order valence-corrected chi connectivity index (χ1v) is 5.73. The van der Waals surface area contributed by atoms with Crippen molar-refractivity contribution >= 4 is 23.5 Å². The minimum atomic E-state index is -1.21. The monoisotopic (exact) mass is 240 g/mol. The van der Waals surface area contributed by atoms with Gasteiger partial charge in [0, 0.05) is 17.7 Å². The van der Waals surface area contributed by atoms with E-state index in [1.165, 1.54) is 11.8 Å². The van der Waals surface area contributed by atoms with Gasteiger partial charge in [-0.3, -0.25) is 4.79 Å². The molecule has 3 nitrogen and oxygen atoms in total. The number of hydrogen-bond donors (Lipinski definition) is 1. The molecular formula is C11H9FO3S. The van der Waals surface area contributed by atoms with Crippen LogP contribution in [0.2, 0.25) is 0 Å². The van der Waals surface area contributed by atoms with Gasteiger partial charge in [0.1, 0.15) is 5.82 Å². The van der Waals surface area contributed by atoms with Crippen molar-refractivity contribution in [3.63, 3.8) is 0 Å². The van der Waals surface area contributed by atoms with Gasteiger partial charge in [0.25, 0.3) is 0 Å². The van der Waals surface area contributed by atoms with Gasteiger partial charge in [-0.2, -0.15) is 0 Å². The molecule has 0 aromatic heterocycles. The van der Waals surface area contributed by atoms with Crippen molar-refractivity contribution in [3.8, 4) is 0 Å². The molecule has 2 rings (SSSR count). The Bertz CT molecular complexity index is 496. The standard InChI is InChI=1S/C11H9FO3S/c1-5-6(11(14)15)4-7(12)10-9(5)8(13)2-3-16-10/h4H,2-3H2,1H3,(H,14,15). The summed E-state index contributed by atoms with van der Waals surface area (Å²) in [6.45, 7) is 1.55. The lowest BCUT2D eigenvalue weighted by Gasteiger charge is -2.18. The molecule has 0 unspecified atom stereocenters. The van der Waals surface area contributed by atoms with Crippen LogP contribution in [0.1, 0.15) is 32.7 Å². The number of carbonyl (C=O) groups is 2. The number of carboxylic acid groups (broad SMARTS) is 1. The molecule has 16 heavy (non-hydrogen) atoms. The molecule has 84 valence electrons. The van der Waals surface area contributed by atoms with Crippen LogP contribution in [0.15, 0.2) is 11.0 Å². The van der Waals surface area contributed by atoms with Gasteiger partial charge in [0.05, 0.1) is 10.5 Å². The van der Waals surface area contributed by atoms with Crippen LogP contribution in [0.4, 0.5) is 4.39 Å². The van der Waals surface area contributed by atoms with Crippen molar-refractivity contribution in [1.29, 1.82) is 0 Å². The minimum absolute atomic E-state index is 0.132. The molecule has 0 aliphatic carbocycles. The average Bonchev–Trinajstić information content (AvgIpc) is 2.22. The summed E-state index contributed by atoms with van der Waals surface area (Å²) in [5.41, 5.74) is 0.474. The van der Waals surface area contributed by atoms with Crippen LogP contribution in [-0.2, 0) is 0 Å². The van der Waals surface area contributed by atoms with Gasteiger partial charge in [-0.1, -0.05) is 0 Å². The van der Waals surface area contributed by atoms with E-state index in [4.69, 9.17) is 5.11 Å². The first-order chi connectivity index (χ1) is 7.52. The van der Waals surface area contributed by atoms with Crippen molar-refractivity contribution in [1.82, 2.24) is 0 Å². The summed E-state index contributed by atoms with van der Waals surface area (Å²) in [5.74, 6) is -1.44. The molecule has 0 bridgehead atoms. The highest BCUT2D eigenvalue weighted by Gasteiger charge is 2.26. The fourth-order valence-corrected chi connectivity index (χ4v) is 2.89. The quantitative estimate of drug-likeness (QED) is 0.819. The van der Waals surface area contributed by atoms with Gasteiger partial charge >= 0.3 is 5.97 Å². The smallest absolute Gasteiger partial charge is 0.336 e. The molecule has 0 spiro atoms. The van der Waals surface area contributed by atoms with Gasteiger partial charge in [-0.25, -0.2) is 9.18 Å². The normalized spacial score (nSPS) is 14.8. The summed E-state index contributed by atoms with van der Waals surface area (Å²) in [6.07, 6.45) is 0.334. The SMILES string of the molecule is Cc1c(C(=O)O)cc(F)c2c1C(=O)CCS2. The number of aromatic carboxylic acids is 1. The molecule has 5 heteroatoms. The first kappa shape index (κ1) is 11.1. The molecule has 1 aliphatic rings. The molecule has 0 amide bonds. The summed E-state index contributed by atoms with van der Waals surface area (Å²) in [6, 6.07) is 0.988. The number of hydrogen-bond acceptors (Lipinski definition) is 3. The topological polar surface area (TPSA) is 54.4 Å². The zero-order valence-corrected chi connectivity index (χ0v) is 9.36. The Morgan fingerprint density at radius 3 is 2.88 bits per heavy atom. The molecule has 0 saturated heterocycles. The summed E-state index contributed by atoms with van der Waals surface area (Å²) in [5, 5.41) is 8.89. The van der Waals surface area contributed by atoms with Gasteiger partial charge in [0.2, 0.25) is 0 Å². The third-order valence-corrected chi connectivity index (χ3v) is 3.67. The van der Waals surface area contributed by atoms with Crippen molar-refractivity contribution in [3.05, 3.63) is 28.6 Å². The summed E-state index contributed by atoms with van der Waals surface area (Å²) in [4.78, 5) is 22.8. The van der Waals surface area contributed by atoms with Crippen LogP contribution in [0, 0.1) is 12.7 Å². The largest absolute Gasteiger partial charge is 0.478 e. The third-order valence-electron chi connectivity index (χ3n) is 2.58.